The van der Waals surface area contributed by atoms with Gasteiger partial charge >= 0.3 is 0 Å². The molecule has 3 aromatic rings. The highest BCUT2D eigenvalue weighted by atomic mass is 35.5. The molecule has 10 heteroatoms. The Balaban J connectivity index is 1.59. The van der Waals surface area contributed by atoms with Crippen LogP contribution in [0.1, 0.15) is 11.5 Å². The Morgan fingerprint density at radius 2 is 1.90 bits per heavy atom. The van der Waals surface area contributed by atoms with Crippen LogP contribution < -0.4 is 4.74 Å². The number of nitrogens with zero attached hydrogens (tertiary/aromatic N) is 3. The minimum absolute atomic E-state index is 0.00447. The Morgan fingerprint density at radius 1 is 1.16 bits per heavy atom. The molecule has 2 atom stereocenters. The molecule has 2 aromatic carbocycles. The number of aryl methyl sites for hydroxylation is 1. The van der Waals surface area contributed by atoms with E-state index in [2.05, 4.69) is 4.98 Å². The van der Waals surface area contributed by atoms with Gasteiger partial charge in [0.2, 0.25) is 0 Å². The van der Waals surface area contributed by atoms with Crippen LogP contribution in [0.5, 0.6) is 5.75 Å². The lowest BCUT2D eigenvalue weighted by Gasteiger charge is -2.19. The third-order valence-electron chi connectivity index (χ3n) is 5.34. The Labute approximate surface area is 190 Å². The quantitative estimate of drug-likeness (QED) is 0.522. The summed E-state index contributed by atoms with van der Waals surface area (Å²) in [5.74, 6) is -0.226. The van der Waals surface area contributed by atoms with Crippen molar-refractivity contribution in [2.45, 2.75) is 10.9 Å². The summed E-state index contributed by atoms with van der Waals surface area (Å²) in [4.78, 5) is 4.00. The molecule has 0 N–H and O–H groups in total. The molecule has 1 saturated heterocycles. The minimum atomic E-state index is -3.77. The molecule has 2 heterocycles. The number of rotatable bonds is 6. The van der Waals surface area contributed by atoms with Crippen molar-refractivity contribution in [3.63, 3.8) is 0 Å². The Kier molecular flexibility index (Phi) is 6.25. The van der Waals surface area contributed by atoms with E-state index < -0.39 is 10.0 Å². The highest BCUT2D eigenvalue weighted by Crippen LogP contribution is 2.37. The molecular weight excluding hydrogens is 464 g/mol. The summed E-state index contributed by atoms with van der Waals surface area (Å²) in [7, 11) is -2.06. The van der Waals surface area contributed by atoms with Crippen LogP contribution in [-0.4, -0.2) is 42.0 Å². The summed E-state index contributed by atoms with van der Waals surface area (Å²) >= 11 is 12.1. The van der Waals surface area contributed by atoms with Gasteiger partial charge in [-0.15, -0.1) is 0 Å². The van der Waals surface area contributed by atoms with Gasteiger partial charge in [-0.1, -0.05) is 35.3 Å². The van der Waals surface area contributed by atoms with Gasteiger partial charge in [-0.3, -0.25) is 0 Å². The van der Waals surface area contributed by atoms with Crippen molar-refractivity contribution in [2.75, 3.05) is 19.7 Å². The van der Waals surface area contributed by atoms with Gasteiger partial charge in [-0.05, 0) is 35.9 Å². The molecule has 0 saturated carbocycles. The van der Waals surface area contributed by atoms with Gasteiger partial charge in [0.15, 0.2) is 5.03 Å². The van der Waals surface area contributed by atoms with Crippen molar-refractivity contribution in [1.29, 1.82) is 0 Å². The first kappa shape index (κ1) is 22.1. The normalized spacial score (nSPS) is 19.6. The second kappa shape index (κ2) is 8.78. The van der Waals surface area contributed by atoms with Crippen molar-refractivity contribution in [3.8, 4) is 5.75 Å². The molecule has 6 nitrogen and oxygen atoms in total. The molecule has 0 amide bonds. The van der Waals surface area contributed by atoms with Gasteiger partial charge in [0.05, 0.1) is 18.0 Å². The maximum atomic E-state index is 13.4. The Bertz CT molecular complexity index is 1180. The van der Waals surface area contributed by atoms with E-state index in [1.54, 1.807) is 41.9 Å². The van der Waals surface area contributed by atoms with E-state index in [-0.39, 0.29) is 42.4 Å². The second-order valence-corrected chi connectivity index (χ2v) is 10.2. The number of sulfonamides is 1. The largest absolute Gasteiger partial charge is 0.492 e. The lowest BCUT2D eigenvalue weighted by molar-refractivity contribution is 0.245. The number of benzene rings is 2. The van der Waals surface area contributed by atoms with Crippen LogP contribution in [0.3, 0.4) is 0 Å². The fourth-order valence-corrected chi connectivity index (χ4v) is 5.68. The molecule has 164 valence electrons. The molecule has 4 rings (SSSR count). The van der Waals surface area contributed by atoms with Crippen LogP contribution in [0.4, 0.5) is 4.39 Å². The summed E-state index contributed by atoms with van der Waals surface area (Å²) in [5.41, 5.74) is 0.843. The van der Waals surface area contributed by atoms with Crippen LogP contribution in [0.25, 0.3) is 0 Å². The summed E-state index contributed by atoms with van der Waals surface area (Å²) in [5, 5.41) is 0.868. The number of halogens is 3. The van der Waals surface area contributed by atoms with Crippen molar-refractivity contribution < 1.29 is 17.5 Å². The summed E-state index contributed by atoms with van der Waals surface area (Å²) in [6.45, 7) is 0.719. The molecular formula is C21H20Cl2FN3O3S. The first-order valence-electron chi connectivity index (χ1n) is 9.55. The maximum absolute atomic E-state index is 13.4. The number of ether oxygens (including phenoxy) is 1. The molecule has 0 bridgehead atoms. The highest BCUT2D eigenvalue weighted by Gasteiger charge is 2.41. The zero-order valence-electron chi connectivity index (χ0n) is 16.6. The molecule has 0 aliphatic carbocycles. The second-order valence-electron chi connectivity index (χ2n) is 7.50. The van der Waals surface area contributed by atoms with E-state index in [1.807, 2.05) is 0 Å². The summed E-state index contributed by atoms with van der Waals surface area (Å²) in [6.07, 6.45) is 2.92. The van der Waals surface area contributed by atoms with Crippen molar-refractivity contribution in [3.05, 3.63) is 76.4 Å². The highest BCUT2D eigenvalue weighted by molar-refractivity contribution is 7.89. The van der Waals surface area contributed by atoms with Crippen LogP contribution >= 0.6 is 23.2 Å². The van der Waals surface area contributed by atoms with E-state index >= 15 is 0 Å². The fourth-order valence-electron chi connectivity index (χ4n) is 3.73. The molecule has 1 aliphatic heterocycles. The molecule has 1 aromatic heterocycles. The van der Waals surface area contributed by atoms with Gasteiger partial charge in [-0.2, -0.15) is 4.31 Å². The average Bonchev–Trinajstić information content (AvgIpc) is 3.35. The first-order chi connectivity index (χ1) is 14.7. The van der Waals surface area contributed by atoms with Crippen molar-refractivity contribution in [1.82, 2.24) is 13.9 Å². The van der Waals surface area contributed by atoms with E-state index in [1.165, 1.54) is 29.0 Å². The fraction of sp³-hybridized carbons (Fsp3) is 0.286. The average molecular weight is 484 g/mol. The van der Waals surface area contributed by atoms with Gasteiger partial charge in [-0.25, -0.2) is 17.8 Å². The summed E-state index contributed by atoms with van der Waals surface area (Å²) in [6, 6.07) is 11.0. The zero-order valence-corrected chi connectivity index (χ0v) is 18.9. The number of hydrogen-bond donors (Lipinski definition) is 0. The molecule has 1 fully saturated rings. The molecule has 31 heavy (non-hydrogen) atoms. The Hall–Kier alpha value is -2.13. The standard InChI is InChI=1S/C21H20Cl2FN3O3S/c1-26-11-21(25-13-26)31(28,29)27-9-15(12-30-20-7-4-16(22)8-19(20)23)18(10-27)14-2-5-17(24)6-3-14/h2-8,11,13,15,18H,9-10,12H2,1H3. The number of aromatic nitrogens is 2. The van der Waals surface area contributed by atoms with Crippen molar-refractivity contribution in [2.24, 2.45) is 13.0 Å². The lowest BCUT2D eigenvalue weighted by Crippen LogP contribution is -2.30. The van der Waals surface area contributed by atoms with Crippen LogP contribution in [0, 0.1) is 11.7 Å². The van der Waals surface area contributed by atoms with Gasteiger partial charge in [0, 0.05) is 43.2 Å². The van der Waals surface area contributed by atoms with E-state index in [0.29, 0.717) is 15.8 Å². The molecule has 0 radical (unpaired) electrons. The SMILES string of the molecule is Cn1cnc(S(=O)(=O)N2CC(COc3ccc(Cl)cc3Cl)C(c3ccc(F)cc3)C2)c1. The monoisotopic (exact) mass is 483 g/mol. The van der Waals surface area contributed by atoms with Gasteiger partial charge in [0.1, 0.15) is 11.6 Å². The smallest absolute Gasteiger partial charge is 0.262 e. The predicted molar refractivity (Wildman–Crippen MR) is 117 cm³/mol. The first-order valence-corrected chi connectivity index (χ1v) is 11.7. The van der Waals surface area contributed by atoms with Gasteiger partial charge < -0.3 is 9.30 Å². The third kappa shape index (κ3) is 4.72. The molecule has 1 aliphatic rings. The molecule has 0 spiro atoms. The number of imidazole rings is 1. The Morgan fingerprint density at radius 3 is 2.55 bits per heavy atom. The lowest BCUT2D eigenvalue weighted by atomic mass is 9.89. The zero-order chi connectivity index (χ0) is 22.2. The van der Waals surface area contributed by atoms with Gasteiger partial charge in [0.25, 0.3) is 10.0 Å². The molecule has 2 unspecified atom stereocenters. The van der Waals surface area contributed by atoms with Crippen LogP contribution in [0.2, 0.25) is 10.0 Å². The predicted octanol–water partition coefficient (Wildman–Crippen LogP) is 4.35. The maximum Gasteiger partial charge on any atom is 0.262 e. The summed E-state index contributed by atoms with van der Waals surface area (Å²) < 4.78 is 48.6. The van der Waals surface area contributed by atoms with E-state index in [9.17, 15) is 12.8 Å². The number of hydrogen-bond acceptors (Lipinski definition) is 4. The minimum Gasteiger partial charge on any atom is -0.492 e. The van der Waals surface area contributed by atoms with Crippen LogP contribution in [-0.2, 0) is 17.1 Å². The van der Waals surface area contributed by atoms with E-state index in [0.717, 1.165) is 5.56 Å². The van der Waals surface area contributed by atoms with E-state index in [4.69, 9.17) is 27.9 Å². The topological polar surface area (TPSA) is 64.4 Å². The third-order valence-corrected chi connectivity index (χ3v) is 7.59. The van der Waals surface area contributed by atoms with Crippen LogP contribution in [0.15, 0.2) is 60.0 Å². The van der Waals surface area contributed by atoms with Crippen molar-refractivity contribution >= 4 is 33.2 Å².